The minimum atomic E-state index is 0. The van der Waals surface area contributed by atoms with E-state index in [1.807, 2.05) is 6.07 Å². The van der Waals surface area contributed by atoms with E-state index in [0.29, 0.717) is 0 Å². The molecule has 3 rings (SSSR count). The monoisotopic (exact) mass is 352 g/mol. The first kappa shape index (κ1) is 21.3. The molecule has 0 N–H and O–H groups in total. The molecule has 0 atom stereocenters. The molecule has 0 unspecified atom stereocenters. The normalized spacial score (nSPS) is 9.22. The maximum absolute atomic E-state index is 3.25. The van der Waals surface area contributed by atoms with Gasteiger partial charge in [0.1, 0.15) is 0 Å². The first-order valence-corrected chi connectivity index (χ1v) is 7.56. The van der Waals surface area contributed by atoms with E-state index < -0.39 is 0 Å². The van der Waals surface area contributed by atoms with Gasteiger partial charge >= 0.3 is 19.5 Å². The minimum absolute atomic E-state index is 0. The molecular weight excluding hydrogens is 330 g/mol. The largest absolute Gasteiger partial charge is 2.00 e. The van der Waals surface area contributed by atoms with Crippen molar-refractivity contribution in [3.63, 3.8) is 0 Å². The molecular formula is C22H24Zn. The summed E-state index contributed by atoms with van der Waals surface area (Å²) in [5.74, 6) is 0. The molecule has 3 aromatic carbocycles. The third-order valence-corrected chi connectivity index (χ3v) is 3.08. The van der Waals surface area contributed by atoms with Crippen LogP contribution in [-0.4, -0.2) is 0 Å². The molecule has 0 heterocycles. The van der Waals surface area contributed by atoms with Crippen molar-refractivity contribution >= 4 is 22.9 Å². The molecule has 0 nitrogen and oxygen atoms in total. The average molecular weight is 354 g/mol. The fourth-order valence-electron chi connectivity index (χ4n) is 2.15. The Hall–Kier alpha value is -1.72. The Balaban J connectivity index is 0.000000901. The zero-order valence-electron chi connectivity index (χ0n) is 14.2. The minimum Gasteiger partial charge on any atom is -0.346 e. The Morgan fingerprint density at radius 1 is 0.609 bits per heavy atom. The van der Waals surface area contributed by atoms with Crippen molar-refractivity contribution in [3.05, 3.63) is 97.8 Å². The maximum atomic E-state index is 3.25. The SMILES string of the molecule is C(=Cc1cccc2ccccc12)c1ccccc1.[CH2-]C.[CH2-]C.[Zn+2]. The second-order valence-corrected chi connectivity index (χ2v) is 4.31. The zero-order valence-corrected chi connectivity index (χ0v) is 17.2. The summed E-state index contributed by atoms with van der Waals surface area (Å²) in [6.45, 7) is 10.0. The van der Waals surface area contributed by atoms with Crippen LogP contribution in [0.3, 0.4) is 0 Å². The van der Waals surface area contributed by atoms with Crippen LogP contribution in [0.4, 0.5) is 0 Å². The molecule has 1 heteroatoms. The quantitative estimate of drug-likeness (QED) is 0.273. The van der Waals surface area contributed by atoms with Gasteiger partial charge in [-0.05, 0) is 21.9 Å². The van der Waals surface area contributed by atoms with E-state index in [0.717, 1.165) is 0 Å². The predicted molar refractivity (Wildman–Crippen MR) is 101 cm³/mol. The van der Waals surface area contributed by atoms with Gasteiger partial charge in [-0.2, -0.15) is 13.8 Å². The summed E-state index contributed by atoms with van der Waals surface area (Å²) >= 11 is 0. The van der Waals surface area contributed by atoms with Crippen LogP contribution in [-0.2, 0) is 19.5 Å². The number of hydrogen-bond acceptors (Lipinski definition) is 0. The van der Waals surface area contributed by atoms with E-state index >= 15 is 0 Å². The summed E-state index contributed by atoms with van der Waals surface area (Å²) < 4.78 is 0. The molecule has 0 bridgehead atoms. The summed E-state index contributed by atoms with van der Waals surface area (Å²) in [6.07, 6.45) is 4.33. The number of benzene rings is 3. The molecule has 0 aliphatic carbocycles. The first-order valence-electron chi connectivity index (χ1n) is 7.56. The average Bonchev–Trinajstić information content (AvgIpc) is 2.64. The topological polar surface area (TPSA) is 0 Å². The molecule has 0 spiro atoms. The van der Waals surface area contributed by atoms with Crippen molar-refractivity contribution in [3.8, 4) is 0 Å². The molecule has 0 aliphatic rings. The van der Waals surface area contributed by atoms with Crippen LogP contribution in [0.25, 0.3) is 22.9 Å². The Labute approximate surface area is 154 Å². The van der Waals surface area contributed by atoms with Gasteiger partial charge in [0, 0.05) is 0 Å². The van der Waals surface area contributed by atoms with Gasteiger partial charge in [-0.25, -0.2) is 0 Å². The third-order valence-electron chi connectivity index (χ3n) is 3.08. The second-order valence-electron chi connectivity index (χ2n) is 4.31. The number of hydrogen-bond donors (Lipinski definition) is 0. The van der Waals surface area contributed by atoms with Gasteiger partial charge in [0.2, 0.25) is 0 Å². The van der Waals surface area contributed by atoms with Crippen molar-refractivity contribution in [2.24, 2.45) is 0 Å². The van der Waals surface area contributed by atoms with Crippen molar-refractivity contribution < 1.29 is 19.5 Å². The van der Waals surface area contributed by atoms with Gasteiger partial charge in [0.25, 0.3) is 0 Å². The molecule has 3 aromatic rings. The summed E-state index contributed by atoms with van der Waals surface area (Å²) in [5, 5.41) is 2.58. The summed E-state index contributed by atoms with van der Waals surface area (Å²) in [7, 11) is 0. The van der Waals surface area contributed by atoms with Gasteiger partial charge in [0.15, 0.2) is 0 Å². The molecule has 0 aliphatic heterocycles. The van der Waals surface area contributed by atoms with Crippen molar-refractivity contribution in [2.45, 2.75) is 13.8 Å². The predicted octanol–water partition coefficient (Wildman–Crippen LogP) is 6.69. The van der Waals surface area contributed by atoms with E-state index in [2.05, 4.69) is 92.7 Å². The molecule has 0 radical (unpaired) electrons. The number of fused-ring (bicyclic) bond motifs is 1. The Morgan fingerprint density at radius 2 is 1.17 bits per heavy atom. The van der Waals surface area contributed by atoms with Crippen molar-refractivity contribution in [1.29, 1.82) is 0 Å². The molecule has 0 saturated carbocycles. The van der Waals surface area contributed by atoms with E-state index in [1.54, 1.807) is 13.8 Å². The van der Waals surface area contributed by atoms with Crippen LogP contribution in [0.15, 0.2) is 72.8 Å². The standard InChI is InChI=1S/C18H14.2C2H5.Zn/c1-2-7-15(8-3-1)13-14-17-11-6-10-16-9-4-5-12-18(16)17;2*1-2;/h1-14H;2*1H2,2H3;/q;2*-1;+2. The van der Waals surface area contributed by atoms with Crippen LogP contribution in [0.5, 0.6) is 0 Å². The maximum Gasteiger partial charge on any atom is 2.00 e. The molecule has 0 aromatic heterocycles. The Kier molecular flexibility index (Phi) is 11.8. The summed E-state index contributed by atoms with van der Waals surface area (Å²) in [4.78, 5) is 0. The third kappa shape index (κ3) is 6.51. The van der Waals surface area contributed by atoms with Crippen LogP contribution in [0.2, 0.25) is 0 Å². The molecule has 0 saturated heterocycles. The number of rotatable bonds is 2. The second kappa shape index (κ2) is 12.8. The van der Waals surface area contributed by atoms with Gasteiger partial charge < -0.3 is 13.8 Å². The van der Waals surface area contributed by atoms with E-state index in [-0.39, 0.29) is 19.5 Å². The molecule has 0 fully saturated rings. The Morgan fingerprint density at radius 3 is 1.87 bits per heavy atom. The van der Waals surface area contributed by atoms with E-state index in [9.17, 15) is 0 Å². The van der Waals surface area contributed by atoms with Crippen LogP contribution < -0.4 is 0 Å². The van der Waals surface area contributed by atoms with Gasteiger partial charge in [-0.15, -0.1) is 0 Å². The molecule has 23 heavy (non-hydrogen) atoms. The zero-order chi connectivity index (χ0) is 16.2. The van der Waals surface area contributed by atoms with Crippen LogP contribution >= 0.6 is 0 Å². The van der Waals surface area contributed by atoms with Gasteiger partial charge in [0.05, 0.1) is 0 Å². The van der Waals surface area contributed by atoms with Crippen molar-refractivity contribution in [2.75, 3.05) is 0 Å². The smallest absolute Gasteiger partial charge is 0.346 e. The summed E-state index contributed by atoms with van der Waals surface area (Å²) in [5.41, 5.74) is 2.49. The molecule has 0 amide bonds. The van der Waals surface area contributed by atoms with Crippen LogP contribution in [0.1, 0.15) is 25.0 Å². The van der Waals surface area contributed by atoms with Gasteiger partial charge in [-0.3, -0.25) is 0 Å². The molecule has 114 valence electrons. The summed E-state index contributed by atoms with van der Waals surface area (Å²) in [6, 6.07) is 25.3. The Bertz CT molecular complexity index is 679. The van der Waals surface area contributed by atoms with E-state index in [4.69, 9.17) is 0 Å². The van der Waals surface area contributed by atoms with Crippen molar-refractivity contribution in [1.82, 2.24) is 0 Å². The first-order chi connectivity index (χ1) is 10.9. The van der Waals surface area contributed by atoms with Gasteiger partial charge in [-0.1, -0.05) is 84.9 Å². The fourth-order valence-corrected chi connectivity index (χ4v) is 2.15. The van der Waals surface area contributed by atoms with Crippen LogP contribution in [0, 0.1) is 13.8 Å². The fraction of sp³-hybridized carbons (Fsp3) is 0.0909. The van der Waals surface area contributed by atoms with E-state index in [1.165, 1.54) is 21.9 Å².